The second kappa shape index (κ2) is 22.6. The van der Waals surface area contributed by atoms with Crippen molar-refractivity contribution in [1.29, 1.82) is 0 Å². The summed E-state index contributed by atoms with van der Waals surface area (Å²) >= 11 is 0. The molecule has 7 heteroatoms. The van der Waals surface area contributed by atoms with E-state index in [4.69, 9.17) is 0 Å². The highest BCUT2D eigenvalue weighted by molar-refractivity contribution is 5.79. The third-order valence-electron chi connectivity index (χ3n) is 9.32. The first-order valence-electron chi connectivity index (χ1n) is 19.2. The SMILES string of the molecule is CC(C)CC1CCCN1.CC(C)CC1CCCN1C(=O)C(C)C.CC(C)CC1CCCN1C(=O)C(C)C.CC(C)c1cccc(F)c1F. The summed E-state index contributed by atoms with van der Waals surface area (Å²) in [6, 6.07) is 6.12. The van der Waals surface area contributed by atoms with Crippen LogP contribution in [0.4, 0.5) is 8.78 Å². The molecule has 3 aliphatic heterocycles. The largest absolute Gasteiger partial charge is 0.339 e. The zero-order chi connectivity index (χ0) is 36.6. The third-order valence-corrected chi connectivity index (χ3v) is 9.32. The smallest absolute Gasteiger partial charge is 0.225 e. The van der Waals surface area contributed by atoms with Gasteiger partial charge in [-0.1, -0.05) is 95.2 Å². The normalized spacial score (nSPS) is 20.7. The number of carbonyl (C=O) groups is 2. The average Bonchev–Trinajstić information content (AvgIpc) is 3.77. The van der Waals surface area contributed by atoms with Crippen LogP contribution in [0.3, 0.4) is 0 Å². The van der Waals surface area contributed by atoms with Gasteiger partial charge in [-0.2, -0.15) is 0 Å². The highest BCUT2D eigenvalue weighted by atomic mass is 19.2. The molecule has 2 amide bonds. The van der Waals surface area contributed by atoms with E-state index in [1.54, 1.807) is 6.07 Å². The van der Waals surface area contributed by atoms with Gasteiger partial charge in [0.1, 0.15) is 0 Å². The molecule has 4 rings (SSSR count). The van der Waals surface area contributed by atoms with Gasteiger partial charge in [-0.05, 0) is 99.6 Å². The molecule has 3 unspecified atom stereocenters. The molecule has 0 aromatic heterocycles. The van der Waals surface area contributed by atoms with Gasteiger partial charge in [-0.3, -0.25) is 9.59 Å². The predicted octanol–water partition coefficient (Wildman–Crippen LogP) is 10.2. The monoisotopic (exact) mass is 678 g/mol. The molecule has 3 heterocycles. The van der Waals surface area contributed by atoms with Crippen molar-refractivity contribution in [3.63, 3.8) is 0 Å². The molecular weight excluding hydrogens is 604 g/mol. The van der Waals surface area contributed by atoms with Crippen molar-refractivity contribution in [2.75, 3.05) is 19.6 Å². The average molecular weight is 678 g/mol. The van der Waals surface area contributed by atoms with E-state index in [1.807, 2.05) is 41.5 Å². The lowest BCUT2D eigenvalue weighted by Gasteiger charge is -2.27. The van der Waals surface area contributed by atoms with Gasteiger partial charge in [0.05, 0.1) is 0 Å². The van der Waals surface area contributed by atoms with Crippen LogP contribution in [0.2, 0.25) is 0 Å². The number of halogens is 2. The minimum atomic E-state index is -0.767. The zero-order valence-electron chi connectivity index (χ0n) is 32.9. The lowest BCUT2D eigenvalue weighted by atomic mass is 10.0. The van der Waals surface area contributed by atoms with Crippen molar-refractivity contribution < 1.29 is 18.4 Å². The lowest BCUT2D eigenvalue weighted by molar-refractivity contribution is -0.136. The third kappa shape index (κ3) is 16.1. The molecular formula is C41H73F2N3O2. The summed E-state index contributed by atoms with van der Waals surface area (Å²) in [6.07, 6.45) is 11.3. The van der Waals surface area contributed by atoms with E-state index in [0.717, 1.165) is 31.1 Å². The minimum Gasteiger partial charge on any atom is -0.339 e. The Morgan fingerprint density at radius 1 is 0.688 bits per heavy atom. The molecule has 0 radical (unpaired) electrons. The predicted molar refractivity (Wildman–Crippen MR) is 199 cm³/mol. The summed E-state index contributed by atoms with van der Waals surface area (Å²) in [5.74, 6) is 1.79. The fourth-order valence-corrected chi connectivity index (χ4v) is 6.99. The number of nitrogens with zero attached hydrogens (tertiary/aromatic N) is 2. The summed E-state index contributed by atoms with van der Waals surface area (Å²) in [7, 11) is 0. The summed E-state index contributed by atoms with van der Waals surface area (Å²) in [4.78, 5) is 27.9. The van der Waals surface area contributed by atoms with Crippen molar-refractivity contribution in [2.45, 2.75) is 165 Å². The Labute approximate surface area is 294 Å². The number of likely N-dealkylation sites (tertiary alicyclic amines) is 2. The lowest BCUT2D eigenvalue weighted by Crippen LogP contribution is -2.38. The first kappa shape index (κ1) is 44.0. The maximum atomic E-state index is 12.9. The Balaban J connectivity index is 0.000000324. The Kier molecular flexibility index (Phi) is 20.8. The van der Waals surface area contributed by atoms with Crippen LogP contribution in [0.1, 0.15) is 152 Å². The Morgan fingerprint density at radius 2 is 1.15 bits per heavy atom. The number of hydrogen-bond donors (Lipinski definition) is 1. The van der Waals surface area contributed by atoms with Gasteiger partial charge in [0.15, 0.2) is 11.6 Å². The van der Waals surface area contributed by atoms with Crippen LogP contribution in [-0.2, 0) is 9.59 Å². The van der Waals surface area contributed by atoms with Gasteiger partial charge >= 0.3 is 0 Å². The van der Waals surface area contributed by atoms with E-state index in [9.17, 15) is 18.4 Å². The fraction of sp³-hybridized carbons (Fsp3) is 0.805. The second-order valence-corrected chi connectivity index (χ2v) is 16.4. The molecule has 3 aliphatic rings. The first-order chi connectivity index (χ1) is 22.5. The van der Waals surface area contributed by atoms with E-state index in [2.05, 4.69) is 56.7 Å². The Bertz CT molecular complexity index is 1010. The molecule has 278 valence electrons. The molecule has 0 saturated carbocycles. The summed E-state index contributed by atoms with van der Waals surface area (Å²) in [6.45, 7) is 28.4. The van der Waals surface area contributed by atoms with Crippen LogP contribution >= 0.6 is 0 Å². The molecule has 1 aromatic rings. The second-order valence-electron chi connectivity index (χ2n) is 16.4. The number of hydrogen-bond acceptors (Lipinski definition) is 3. The molecule has 3 fully saturated rings. The van der Waals surface area contributed by atoms with E-state index < -0.39 is 11.6 Å². The van der Waals surface area contributed by atoms with Crippen molar-refractivity contribution in [3.8, 4) is 0 Å². The van der Waals surface area contributed by atoms with E-state index >= 15 is 0 Å². The van der Waals surface area contributed by atoms with Crippen LogP contribution in [0.5, 0.6) is 0 Å². The minimum absolute atomic E-state index is 0.0331. The van der Waals surface area contributed by atoms with Crippen molar-refractivity contribution in [2.24, 2.45) is 29.6 Å². The van der Waals surface area contributed by atoms with E-state index in [-0.39, 0.29) is 17.8 Å². The standard InChI is InChI=1S/2C12H23NO.C9H10F2.C8H17N/c2*1-9(2)8-11-6-5-7-13(11)12(14)10(3)4;1-6(2)7-4-3-5-8(10)9(7)11;1-7(2)6-8-4-3-5-9-8/h2*9-11H,5-8H2,1-4H3;3-6H,1-2H3;7-9H,3-6H2,1-2H3. The first-order valence-corrected chi connectivity index (χ1v) is 19.2. The quantitative estimate of drug-likeness (QED) is 0.283. The maximum absolute atomic E-state index is 12.9. The summed E-state index contributed by atoms with van der Waals surface area (Å²) in [5.41, 5.74) is 0.435. The molecule has 1 aromatic carbocycles. The highest BCUT2D eigenvalue weighted by Crippen LogP contribution is 2.26. The van der Waals surface area contributed by atoms with Gasteiger partial charge in [0.25, 0.3) is 0 Å². The Hall–Kier alpha value is -2.02. The van der Waals surface area contributed by atoms with Gasteiger partial charge in [-0.15, -0.1) is 0 Å². The van der Waals surface area contributed by atoms with Gasteiger partial charge in [0.2, 0.25) is 11.8 Å². The number of benzene rings is 1. The van der Waals surface area contributed by atoms with Gasteiger partial charge in [-0.25, -0.2) is 8.78 Å². The summed E-state index contributed by atoms with van der Waals surface area (Å²) in [5, 5.41) is 3.49. The molecule has 3 atom stereocenters. The fourth-order valence-electron chi connectivity index (χ4n) is 6.99. The summed E-state index contributed by atoms with van der Waals surface area (Å²) < 4.78 is 25.4. The van der Waals surface area contributed by atoms with Gasteiger partial charge < -0.3 is 15.1 Å². The number of amides is 2. The van der Waals surface area contributed by atoms with Crippen LogP contribution < -0.4 is 5.32 Å². The molecule has 1 N–H and O–H groups in total. The molecule has 0 aliphatic carbocycles. The zero-order valence-corrected chi connectivity index (χ0v) is 32.9. The molecule has 48 heavy (non-hydrogen) atoms. The van der Waals surface area contributed by atoms with Crippen molar-refractivity contribution >= 4 is 11.8 Å². The topological polar surface area (TPSA) is 52.7 Å². The Morgan fingerprint density at radius 3 is 1.48 bits per heavy atom. The number of carbonyl (C=O) groups excluding carboxylic acids is 2. The highest BCUT2D eigenvalue weighted by Gasteiger charge is 2.31. The van der Waals surface area contributed by atoms with E-state index in [1.165, 1.54) is 70.4 Å². The maximum Gasteiger partial charge on any atom is 0.225 e. The molecule has 0 bridgehead atoms. The van der Waals surface area contributed by atoms with Crippen molar-refractivity contribution in [1.82, 2.24) is 15.1 Å². The van der Waals surface area contributed by atoms with Crippen LogP contribution in [0.25, 0.3) is 0 Å². The number of rotatable bonds is 9. The van der Waals surface area contributed by atoms with Crippen molar-refractivity contribution in [3.05, 3.63) is 35.4 Å². The van der Waals surface area contributed by atoms with E-state index in [0.29, 0.717) is 41.3 Å². The molecule has 3 saturated heterocycles. The molecule has 0 spiro atoms. The van der Waals surface area contributed by atoms with Crippen LogP contribution in [0, 0.1) is 41.2 Å². The van der Waals surface area contributed by atoms with Crippen LogP contribution in [-0.4, -0.2) is 59.4 Å². The van der Waals surface area contributed by atoms with Gasteiger partial charge in [0, 0.05) is 43.1 Å². The number of nitrogens with one attached hydrogen (secondary N) is 1. The molecule has 5 nitrogen and oxygen atoms in total. The van der Waals surface area contributed by atoms with Crippen LogP contribution in [0.15, 0.2) is 18.2 Å².